The number of anilines is 2. The second-order valence-electron chi connectivity index (χ2n) is 5.38. The molecule has 1 N–H and O–H groups in total. The number of halogens is 1. The van der Waals surface area contributed by atoms with Crippen LogP contribution >= 0.6 is 11.8 Å². The summed E-state index contributed by atoms with van der Waals surface area (Å²) >= 11 is 1.22. The molecule has 0 aliphatic rings. The lowest BCUT2D eigenvalue weighted by atomic mass is 10.3. The van der Waals surface area contributed by atoms with Gasteiger partial charge in [0.05, 0.1) is 11.0 Å². The Hall–Kier alpha value is -2.35. The molecule has 0 saturated carbocycles. The highest BCUT2D eigenvalue weighted by Crippen LogP contribution is 2.19. The molecule has 1 unspecified atom stereocenters. The number of nitrogens with one attached hydrogen (secondary N) is 1. The van der Waals surface area contributed by atoms with Crippen molar-refractivity contribution in [1.82, 2.24) is 5.16 Å². The number of rotatable bonds is 7. The van der Waals surface area contributed by atoms with Crippen molar-refractivity contribution in [2.75, 3.05) is 22.5 Å². The van der Waals surface area contributed by atoms with Gasteiger partial charge in [-0.15, -0.1) is 11.8 Å². The number of hydrogen-bond donors (Lipinski definition) is 1. The zero-order chi connectivity index (χ0) is 18.4. The minimum atomic E-state index is -0.437. The molecule has 0 spiro atoms. The SMILES string of the molecule is CCN(C(=O)CSC(C)C(=O)Nc1cc(C)on1)c1ccc(F)cc1. The Balaban J connectivity index is 1.88. The molecule has 2 amide bonds. The molecule has 0 bridgehead atoms. The number of benzene rings is 1. The predicted molar refractivity (Wildman–Crippen MR) is 96.2 cm³/mol. The van der Waals surface area contributed by atoms with Gasteiger partial charge in [-0.05, 0) is 45.0 Å². The van der Waals surface area contributed by atoms with Gasteiger partial charge in [-0.2, -0.15) is 0 Å². The molecule has 0 radical (unpaired) electrons. The van der Waals surface area contributed by atoms with Crippen LogP contribution in [0.4, 0.5) is 15.9 Å². The van der Waals surface area contributed by atoms with Crippen LogP contribution in [0.5, 0.6) is 0 Å². The van der Waals surface area contributed by atoms with Crippen molar-refractivity contribution in [3.05, 3.63) is 41.9 Å². The van der Waals surface area contributed by atoms with Crippen LogP contribution in [-0.4, -0.2) is 34.5 Å². The second kappa shape index (κ2) is 8.66. The van der Waals surface area contributed by atoms with Gasteiger partial charge in [-0.3, -0.25) is 9.59 Å². The molecule has 0 saturated heterocycles. The molecule has 2 rings (SSSR count). The first-order valence-corrected chi connectivity index (χ1v) is 8.87. The van der Waals surface area contributed by atoms with Crippen LogP contribution in [0.1, 0.15) is 19.6 Å². The van der Waals surface area contributed by atoms with Crippen LogP contribution in [-0.2, 0) is 9.59 Å². The highest BCUT2D eigenvalue weighted by Gasteiger charge is 2.19. The molecule has 134 valence electrons. The Bertz CT molecular complexity index is 733. The van der Waals surface area contributed by atoms with Gasteiger partial charge in [0, 0.05) is 18.3 Å². The number of aryl methyl sites for hydroxylation is 1. The van der Waals surface area contributed by atoms with Crippen LogP contribution in [0.2, 0.25) is 0 Å². The quantitative estimate of drug-likeness (QED) is 0.815. The number of aromatic nitrogens is 1. The molecular formula is C17H20FN3O3S. The largest absolute Gasteiger partial charge is 0.360 e. The smallest absolute Gasteiger partial charge is 0.238 e. The van der Waals surface area contributed by atoms with E-state index < -0.39 is 5.25 Å². The van der Waals surface area contributed by atoms with Gasteiger partial charge in [-0.25, -0.2) is 4.39 Å². The molecule has 0 fully saturated rings. The van der Waals surface area contributed by atoms with Crippen LogP contribution in [0.25, 0.3) is 0 Å². The average molecular weight is 365 g/mol. The number of nitrogens with zero attached hydrogens (tertiary/aromatic N) is 2. The second-order valence-corrected chi connectivity index (χ2v) is 6.71. The first kappa shape index (κ1) is 19.0. The molecular weight excluding hydrogens is 345 g/mol. The van der Waals surface area contributed by atoms with Crippen molar-refractivity contribution in [2.24, 2.45) is 0 Å². The van der Waals surface area contributed by atoms with Gasteiger partial charge in [-0.1, -0.05) is 5.16 Å². The zero-order valence-corrected chi connectivity index (χ0v) is 15.1. The maximum Gasteiger partial charge on any atom is 0.238 e. The zero-order valence-electron chi connectivity index (χ0n) is 14.3. The molecule has 6 nitrogen and oxygen atoms in total. The minimum absolute atomic E-state index is 0.137. The highest BCUT2D eigenvalue weighted by atomic mass is 32.2. The molecule has 25 heavy (non-hydrogen) atoms. The molecule has 1 aromatic carbocycles. The first-order valence-electron chi connectivity index (χ1n) is 7.82. The molecule has 1 heterocycles. The fraction of sp³-hybridized carbons (Fsp3) is 0.353. The molecule has 0 aliphatic heterocycles. The van der Waals surface area contributed by atoms with E-state index in [1.807, 2.05) is 6.92 Å². The summed E-state index contributed by atoms with van der Waals surface area (Å²) in [5.74, 6) is 0.339. The van der Waals surface area contributed by atoms with E-state index in [1.54, 1.807) is 36.9 Å². The average Bonchev–Trinajstić information content (AvgIpc) is 2.99. The molecule has 1 atom stereocenters. The first-order chi connectivity index (χ1) is 11.9. The lowest BCUT2D eigenvalue weighted by molar-refractivity contribution is -0.116. The molecule has 2 aromatic rings. The standard InChI is InChI=1S/C17H20FN3O3S/c1-4-21(14-7-5-13(18)6-8-14)16(22)10-25-12(3)17(23)19-15-9-11(2)24-20-15/h5-9,12H,4,10H2,1-3H3,(H,19,20,23). The maximum atomic E-state index is 13.0. The van der Waals surface area contributed by atoms with E-state index in [0.29, 0.717) is 23.8 Å². The number of thioether (sulfide) groups is 1. The van der Waals surface area contributed by atoms with Crippen molar-refractivity contribution in [1.29, 1.82) is 0 Å². The lowest BCUT2D eigenvalue weighted by Crippen LogP contribution is -2.33. The van der Waals surface area contributed by atoms with Gasteiger partial charge < -0.3 is 14.7 Å². The van der Waals surface area contributed by atoms with Crippen LogP contribution in [0.3, 0.4) is 0 Å². The lowest BCUT2D eigenvalue weighted by Gasteiger charge is -2.21. The summed E-state index contributed by atoms with van der Waals surface area (Å²) in [6, 6.07) is 7.37. The van der Waals surface area contributed by atoms with Crippen molar-refractivity contribution in [2.45, 2.75) is 26.0 Å². The Morgan fingerprint density at radius 2 is 2.04 bits per heavy atom. The fourth-order valence-electron chi connectivity index (χ4n) is 2.13. The Kier molecular flexibility index (Phi) is 6.58. The van der Waals surface area contributed by atoms with Crippen LogP contribution in [0.15, 0.2) is 34.9 Å². The Labute approximate surface area is 149 Å². The third-order valence-corrected chi connectivity index (χ3v) is 4.59. The highest BCUT2D eigenvalue weighted by molar-refractivity contribution is 8.01. The monoisotopic (exact) mass is 365 g/mol. The molecule has 8 heteroatoms. The summed E-state index contributed by atoms with van der Waals surface area (Å²) in [7, 11) is 0. The number of amides is 2. The van der Waals surface area contributed by atoms with E-state index in [0.717, 1.165) is 0 Å². The Morgan fingerprint density at radius 3 is 2.60 bits per heavy atom. The van der Waals surface area contributed by atoms with E-state index in [4.69, 9.17) is 4.52 Å². The topological polar surface area (TPSA) is 75.4 Å². The summed E-state index contributed by atoms with van der Waals surface area (Å²) in [6.07, 6.45) is 0. The van der Waals surface area contributed by atoms with Crippen LogP contribution in [0, 0.1) is 12.7 Å². The van der Waals surface area contributed by atoms with E-state index in [-0.39, 0.29) is 23.4 Å². The van der Waals surface area contributed by atoms with Crippen molar-refractivity contribution < 1.29 is 18.5 Å². The van der Waals surface area contributed by atoms with Crippen molar-refractivity contribution in [3.63, 3.8) is 0 Å². The van der Waals surface area contributed by atoms with E-state index >= 15 is 0 Å². The van der Waals surface area contributed by atoms with Gasteiger partial charge in [0.2, 0.25) is 11.8 Å². The molecule has 0 aliphatic carbocycles. The van der Waals surface area contributed by atoms with Gasteiger partial charge >= 0.3 is 0 Å². The summed E-state index contributed by atoms with van der Waals surface area (Å²) in [5, 5.41) is 5.90. The third-order valence-electron chi connectivity index (χ3n) is 3.46. The predicted octanol–water partition coefficient (Wildman–Crippen LogP) is 3.24. The summed E-state index contributed by atoms with van der Waals surface area (Å²) in [6.45, 7) is 5.75. The van der Waals surface area contributed by atoms with Gasteiger partial charge in [0.15, 0.2) is 5.82 Å². The maximum absolute atomic E-state index is 13.0. The normalized spacial score (nSPS) is 11.8. The van der Waals surface area contributed by atoms with E-state index in [2.05, 4.69) is 10.5 Å². The summed E-state index contributed by atoms with van der Waals surface area (Å²) < 4.78 is 17.9. The van der Waals surface area contributed by atoms with Crippen molar-refractivity contribution in [3.8, 4) is 0 Å². The van der Waals surface area contributed by atoms with Crippen molar-refractivity contribution >= 4 is 35.1 Å². The van der Waals surface area contributed by atoms with E-state index in [9.17, 15) is 14.0 Å². The van der Waals surface area contributed by atoms with E-state index in [1.165, 1.54) is 23.9 Å². The number of carbonyl (C=O) groups is 2. The Morgan fingerprint density at radius 1 is 1.36 bits per heavy atom. The third kappa shape index (κ3) is 5.32. The summed E-state index contributed by atoms with van der Waals surface area (Å²) in [5.41, 5.74) is 0.629. The number of carbonyl (C=O) groups excluding carboxylic acids is 2. The number of hydrogen-bond acceptors (Lipinski definition) is 5. The fourth-order valence-corrected chi connectivity index (χ4v) is 2.89. The molecule has 1 aromatic heterocycles. The minimum Gasteiger partial charge on any atom is -0.360 e. The van der Waals surface area contributed by atoms with Crippen LogP contribution < -0.4 is 10.2 Å². The van der Waals surface area contributed by atoms with Gasteiger partial charge in [0.1, 0.15) is 11.6 Å². The van der Waals surface area contributed by atoms with Gasteiger partial charge in [0.25, 0.3) is 0 Å². The summed E-state index contributed by atoms with van der Waals surface area (Å²) in [4.78, 5) is 26.1.